The van der Waals surface area contributed by atoms with E-state index >= 15 is 0 Å². The topological polar surface area (TPSA) is 67.9 Å². The van der Waals surface area contributed by atoms with Crippen LogP contribution in [0, 0.1) is 11.8 Å². The van der Waals surface area contributed by atoms with Gasteiger partial charge in [-0.1, -0.05) is 12.8 Å². The van der Waals surface area contributed by atoms with Crippen LogP contribution in [-0.2, 0) is 4.79 Å². The van der Waals surface area contributed by atoms with Crippen LogP contribution < -0.4 is 14.8 Å². The lowest BCUT2D eigenvalue weighted by Gasteiger charge is -2.34. The number of carbonyl (C=O) groups excluding carboxylic acids is 2. The van der Waals surface area contributed by atoms with Gasteiger partial charge in [0.25, 0.3) is 5.91 Å². The number of methoxy groups -OCH3 is 2. The Morgan fingerprint density at radius 1 is 1.04 bits per heavy atom. The van der Waals surface area contributed by atoms with E-state index in [1.54, 1.807) is 32.4 Å². The first-order valence-corrected chi connectivity index (χ1v) is 9.90. The Morgan fingerprint density at radius 2 is 1.70 bits per heavy atom. The van der Waals surface area contributed by atoms with E-state index in [-0.39, 0.29) is 11.8 Å². The second-order valence-corrected chi connectivity index (χ2v) is 7.59. The molecule has 6 nitrogen and oxygen atoms in total. The average molecular weight is 374 g/mol. The van der Waals surface area contributed by atoms with Crippen LogP contribution in [0.4, 0.5) is 0 Å². The van der Waals surface area contributed by atoms with Crippen LogP contribution in [0.15, 0.2) is 18.2 Å². The lowest BCUT2D eigenvalue weighted by Crippen LogP contribution is -2.45. The maximum atomic E-state index is 12.7. The molecule has 148 valence electrons. The zero-order chi connectivity index (χ0) is 19.2. The van der Waals surface area contributed by atoms with Crippen molar-refractivity contribution in [2.75, 3.05) is 33.9 Å². The van der Waals surface area contributed by atoms with E-state index < -0.39 is 0 Å². The molecular weight excluding hydrogens is 344 g/mol. The third-order valence-corrected chi connectivity index (χ3v) is 5.70. The lowest BCUT2D eigenvalue weighted by atomic mass is 9.96. The Labute approximate surface area is 161 Å². The number of nitrogens with zero attached hydrogens (tertiary/aromatic N) is 1. The number of benzene rings is 1. The van der Waals surface area contributed by atoms with Crippen LogP contribution in [0.3, 0.4) is 0 Å². The van der Waals surface area contributed by atoms with Gasteiger partial charge >= 0.3 is 0 Å². The van der Waals surface area contributed by atoms with Crippen molar-refractivity contribution >= 4 is 11.8 Å². The predicted octanol–water partition coefficient (Wildman–Crippen LogP) is 2.86. The van der Waals surface area contributed by atoms with Gasteiger partial charge in [-0.15, -0.1) is 0 Å². The highest BCUT2D eigenvalue weighted by atomic mass is 16.5. The Hall–Kier alpha value is -2.24. The SMILES string of the molecule is COc1cc(OC)cc(C(=O)NC[C@H]2CCCN(C(=O)C3CCCC3)C2)c1. The highest BCUT2D eigenvalue weighted by Gasteiger charge is 2.30. The zero-order valence-corrected chi connectivity index (χ0v) is 16.3. The average Bonchev–Trinajstić information content (AvgIpc) is 3.26. The third kappa shape index (κ3) is 4.93. The standard InChI is InChI=1S/C21H30N2O4/c1-26-18-10-17(11-19(12-18)27-2)20(24)22-13-15-6-5-9-23(14-15)21(25)16-7-3-4-8-16/h10-12,15-16H,3-9,13-14H2,1-2H3,(H,22,24)/t15-/m1/s1. The minimum atomic E-state index is -0.147. The van der Waals surface area contributed by atoms with Gasteiger partial charge in [-0.3, -0.25) is 9.59 Å². The van der Waals surface area contributed by atoms with Gasteiger partial charge in [-0.05, 0) is 43.7 Å². The summed E-state index contributed by atoms with van der Waals surface area (Å²) in [5, 5.41) is 3.01. The summed E-state index contributed by atoms with van der Waals surface area (Å²) in [5.41, 5.74) is 0.515. The van der Waals surface area contributed by atoms with E-state index in [1.165, 1.54) is 12.8 Å². The molecule has 0 radical (unpaired) electrons. The van der Waals surface area contributed by atoms with Gasteiger partial charge in [0.2, 0.25) is 5.91 Å². The van der Waals surface area contributed by atoms with Crippen LogP contribution in [0.2, 0.25) is 0 Å². The smallest absolute Gasteiger partial charge is 0.251 e. The Morgan fingerprint density at radius 3 is 2.33 bits per heavy atom. The fraction of sp³-hybridized carbons (Fsp3) is 0.619. The van der Waals surface area contributed by atoms with Crippen molar-refractivity contribution in [1.29, 1.82) is 0 Å². The molecule has 1 aromatic carbocycles. The summed E-state index contributed by atoms with van der Waals surface area (Å²) in [7, 11) is 3.13. The maximum absolute atomic E-state index is 12.7. The molecule has 1 aliphatic heterocycles. The Kier molecular flexibility index (Phi) is 6.58. The van der Waals surface area contributed by atoms with Crippen molar-refractivity contribution < 1.29 is 19.1 Å². The number of ether oxygens (including phenoxy) is 2. The highest BCUT2D eigenvalue weighted by molar-refractivity contribution is 5.95. The number of hydrogen-bond donors (Lipinski definition) is 1. The van der Waals surface area contributed by atoms with Gasteiger partial charge in [-0.2, -0.15) is 0 Å². The van der Waals surface area contributed by atoms with Gasteiger partial charge in [-0.25, -0.2) is 0 Å². The Bertz CT molecular complexity index is 648. The van der Waals surface area contributed by atoms with E-state index in [2.05, 4.69) is 5.32 Å². The van der Waals surface area contributed by atoms with E-state index in [0.29, 0.717) is 35.4 Å². The molecule has 6 heteroatoms. The first-order chi connectivity index (χ1) is 13.1. The van der Waals surface area contributed by atoms with Crippen LogP contribution in [0.1, 0.15) is 48.9 Å². The molecule has 27 heavy (non-hydrogen) atoms. The second kappa shape index (κ2) is 9.11. The van der Waals surface area contributed by atoms with Crippen molar-refractivity contribution in [3.05, 3.63) is 23.8 Å². The van der Waals surface area contributed by atoms with Gasteiger partial charge in [0.15, 0.2) is 0 Å². The van der Waals surface area contributed by atoms with Crippen molar-refractivity contribution in [1.82, 2.24) is 10.2 Å². The molecule has 1 heterocycles. The minimum Gasteiger partial charge on any atom is -0.497 e. The van der Waals surface area contributed by atoms with Crippen molar-refractivity contribution in [3.63, 3.8) is 0 Å². The van der Waals surface area contributed by atoms with Gasteiger partial charge in [0.05, 0.1) is 14.2 Å². The highest BCUT2D eigenvalue weighted by Crippen LogP contribution is 2.28. The van der Waals surface area contributed by atoms with Gasteiger partial charge in [0, 0.05) is 37.2 Å². The Balaban J connectivity index is 1.54. The second-order valence-electron chi connectivity index (χ2n) is 7.59. The fourth-order valence-corrected chi connectivity index (χ4v) is 4.14. The van der Waals surface area contributed by atoms with Crippen LogP contribution in [0.25, 0.3) is 0 Å². The van der Waals surface area contributed by atoms with Gasteiger partial charge < -0.3 is 19.7 Å². The summed E-state index contributed by atoms with van der Waals surface area (Å²) in [4.78, 5) is 27.2. The zero-order valence-electron chi connectivity index (χ0n) is 16.3. The van der Waals surface area contributed by atoms with Crippen LogP contribution in [-0.4, -0.2) is 50.6 Å². The summed E-state index contributed by atoms with van der Waals surface area (Å²) >= 11 is 0. The van der Waals surface area contributed by atoms with Crippen molar-refractivity contribution in [2.24, 2.45) is 11.8 Å². The number of nitrogens with one attached hydrogen (secondary N) is 1. The molecule has 3 rings (SSSR count). The molecule has 2 amide bonds. The van der Waals surface area contributed by atoms with E-state index in [1.807, 2.05) is 4.90 Å². The molecule has 0 bridgehead atoms. The normalized spacial score (nSPS) is 20.4. The van der Waals surface area contributed by atoms with E-state index in [0.717, 1.165) is 38.8 Å². The molecule has 0 spiro atoms. The molecule has 1 N–H and O–H groups in total. The molecular formula is C21H30N2O4. The summed E-state index contributed by atoms with van der Waals surface area (Å²) < 4.78 is 10.5. The minimum absolute atomic E-state index is 0.147. The summed E-state index contributed by atoms with van der Waals surface area (Å²) in [6, 6.07) is 5.15. The fourth-order valence-electron chi connectivity index (χ4n) is 4.14. The first-order valence-electron chi connectivity index (χ1n) is 9.90. The van der Waals surface area contributed by atoms with Crippen LogP contribution >= 0.6 is 0 Å². The summed E-state index contributed by atoms with van der Waals surface area (Å²) in [6.07, 6.45) is 6.46. The largest absolute Gasteiger partial charge is 0.497 e. The summed E-state index contributed by atoms with van der Waals surface area (Å²) in [6.45, 7) is 2.18. The molecule has 1 saturated heterocycles. The van der Waals surface area contributed by atoms with E-state index in [4.69, 9.17) is 9.47 Å². The number of piperidine rings is 1. The molecule has 1 aromatic rings. The number of rotatable bonds is 6. The molecule has 0 aromatic heterocycles. The third-order valence-electron chi connectivity index (χ3n) is 5.70. The molecule has 1 saturated carbocycles. The van der Waals surface area contributed by atoms with Gasteiger partial charge in [0.1, 0.15) is 11.5 Å². The quantitative estimate of drug-likeness (QED) is 0.831. The van der Waals surface area contributed by atoms with Crippen molar-refractivity contribution in [2.45, 2.75) is 38.5 Å². The molecule has 0 unspecified atom stereocenters. The summed E-state index contributed by atoms with van der Waals surface area (Å²) in [5.74, 6) is 1.88. The van der Waals surface area contributed by atoms with E-state index in [9.17, 15) is 9.59 Å². The predicted molar refractivity (Wildman–Crippen MR) is 103 cm³/mol. The first kappa shape index (κ1) is 19.5. The monoisotopic (exact) mass is 374 g/mol. The number of carbonyl (C=O) groups is 2. The number of hydrogen-bond acceptors (Lipinski definition) is 4. The molecule has 2 fully saturated rings. The maximum Gasteiger partial charge on any atom is 0.251 e. The molecule has 1 aliphatic carbocycles. The lowest BCUT2D eigenvalue weighted by molar-refractivity contribution is -0.137. The number of amides is 2. The molecule has 2 aliphatic rings. The molecule has 1 atom stereocenters. The van der Waals surface area contributed by atoms with Crippen LogP contribution in [0.5, 0.6) is 11.5 Å². The number of likely N-dealkylation sites (tertiary alicyclic amines) is 1. The van der Waals surface area contributed by atoms with Crippen molar-refractivity contribution in [3.8, 4) is 11.5 Å².